The minimum absolute atomic E-state index is 0.0130. The van der Waals surface area contributed by atoms with Crippen LogP contribution in [0.4, 0.5) is 5.95 Å². The van der Waals surface area contributed by atoms with Gasteiger partial charge in [-0.1, -0.05) is 0 Å². The Kier molecular flexibility index (Phi) is 4.40. The van der Waals surface area contributed by atoms with Crippen LogP contribution >= 0.6 is 0 Å². The van der Waals surface area contributed by atoms with Gasteiger partial charge in [-0.3, -0.25) is 4.79 Å². The fourth-order valence-corrected chi connectivity index (χ4v) is 3.07. The third kappa shape index (κ3) is 3.82. The highest BCUT2D eigenvalue weighted by molar-refractivity contribution is 5.94. The summed E-state index contributed by atoms with van der Waals surface area (Å²) in [4.78, 5) is 21.3. The second-order valence-corrected chi connectivity index (χ2v) is 6.92. The number of amides is 1. The second-order valence-electron chi connectivity index (χ2n) is 6.92. The maximum absolute atomic E-state index is 12.2. The van der Waals surface area contributed by atoms with Crippen LogP contribution < -0.4 is 16.0 Å². The molecule has 0 atom stereocenters. The van der Waals surface area contributed by atoms with Crippen LogP contribution in [-0.4, -0.2) is 45.6 Å². The SMILES string of the molecule is Cc1cnc(NC2CCNCC2)nc1-n1ccc(C(=O)NC2CC2)c1. The maximum atomic E-state index is 12.2. The highest BCUT2D eigenvalue weighted by Gasteiger charge is 2.24. The molecule has 2 aromatic rings. The van der Waals surface area contributed by atoms with Gasteiger partial charge in [-0.15, -0.1) is 0 Å². The molecule has 0 unspecified atom stereocenters. The lowest BCUT2D eigenvalue weighted by Crippen LogP contribution is -2.35. The normalized spacial score (nSPS) is 18.1. The minimum Gasteiger partial charge on any atom is -0.351 e. The number of aryl methyl sites for hydroxylation is 1. The average molecular weight is 340 g/mol. The molecular formula is C18H24N6O. The van der Waals surface area contributed by atoms with Crippen molar-refractivity contribution in [1.82, 2.24) is 25.2 Å². The smallest absolute Gasteiger partial charge is 0.253 e. The van der Waals surface area contributed by atoms with Crippen molar-refractivity contribution in [2.24, 2.45) is 0 Å². The summed E-state index contributed by atoms with van der Waals surface area (Å²) >= 11 is 0. The first-order valence-electron chi connectivity index (χ1n) is 8.99. The Labute approximate surface area is 147 Å². The van der Waals surface area contributed by atoms with Gasteiger partial charge in [0.1, 0.15) is 5.82 Å². The Morgan fingerprint density at radius 2 is 2.04 bits per heavy atom. The van der Waals surface area contributed by atoms with Gasteiger partial charge in [0.05, 0.1) is 5.56 Å². The molecular weight excluding hydrogens is 316 g/mol. The fraction of sp³-hybridized carbons (Fsp3) is 0.500. The number of piperidine rings is 1. The molecule has 1 aliphatic carbocycles. The summed E-state index contributed by atoms with van der Waals surface area (Å²) in [5.74, 6) is 1.43. The predicted molar refractivity (Wildman–Crippen MR) is 96.1 cm³/mol. The third-order valence-corrected chi connectivity index (χ3v) is 4.73. The number of hydrogen-bond acceptors (Lipinski definition) is 5. The van der Waals surface area contributed by atoms with Crippen molar-refractivity contribution < 1.29 is 4.79 Å². The van der Waals surface area contributed by atoms with E-state index in [2.05, 4.69) is 25.9 Å². The van der Waals surface area contributed by atoms with E-state index in [1.54, 1.807) is 0 Å². The second kappa shape index (κ2) is 6.84. The zero-order valence-corrected chi connectivity index (χ0v) is 14.5. The lowest BCUT2D eigenvalue weighted by atomic mass is 10.1. The number of nitrogens with zero attached hydrogens (tertiary/aromatic N) is 3. The van der Waals surface area contributed by atoms with Crippen molar-refractivity contribution in [2.45, 2.75) is 44.7 Å². The largest absolute Gasteiger partial charge is 0.351 e. The van der Waals surface area contributed by atoms with Crippen molar-refractivity contribution in [3.05, 3.63) is 35.8 Å². The van der Waals surface area contributed by atoms with E-state index in [9.17, 15) is 4.79 Å². The van der Waals surface area contributed by atoms with E-state index in [1.807, 2.05) is 36.1 Å². The fourth-order valence-electron chi connectivity index (χ4n) is 3.07. The van der Waals surface area contributed by atoms with Gasteiger partial charge in [-0.05, 0) is 51.8 Å². The third-order valence-electron chi connectivity index (χ3n) is 4.73. The molecule has 1 saturated heterocycles. The molecule has 25 heavy (non-hydrogen) atoms. The highest BCUT2D eigenvalue weighted by Crippen LogP contribution is 2.20. The molecule has 0 radical (unpaired) electrons. The molecule has 1 amide bonds. The first-order valence-corrected chi connectivity index (χ1v) is 8.99. The number of anilines is 1. The van der Waals surface area contributed by atoms with Gasteiger partial charge in [0.2, 0.25) is 5.95 Å². The van der Waals surface area contributed by atoms with Gasteiger partial charge < -0.3 is 20.5 Å². The lowest BCUT2D eigenvalue weighted by Gasteiger charge is -2.23. The first-order chi connectivity index (χ1) is 12.2. The molecule has 4 rings (SSSR count). The summed E-state index contributed by atoms with van der Waals surface area (Å²) in [6.07, 6.45) is 9.86. The van der Waals surface area contributed by atoms with Gasteiger partial charge in [-0.2, -0.15) is 4.98 Å². The minimum atomic E-state index is -0.0130. The summed E-state index contributed by atoms with van der Waals surface area (Å²) in [6.45, 7) is 4.02. The first kappa shape index (κ1) is 16.1. The van der Waals surface area contributed by atoms with Gasteiger partial charge in [0.25, 0.3) is 5.91 Å². The van der Waals surface area contributed by atoms with E-state index >= 15 is 0 Å². The van der Waals surface area contributed by atoms with Crippen LogP contribution in [0.5, 0.6) is 0 Å². The summed E-state index contributed by atoms with van der Waals surface area (Å²) in [7, 11) is 0. The molecule has 7 heteroatoms. The van der Waals surface area contributed by atoms with Crippen LogP contribution in [-0.2, 0) is 0 Å². The van der Waals surface area contributed by atoms with Crippen molar-refractivity contribution in [1.29, 1.82) is 0 Å². The standard InChI is InChI=1S/C18H24N6O/c1-12-10-20-18(22-15-4-7-19-8-5-15)23-16(12)24-9-6-13(11-24)17(25)21-14-2-3-14/h6,9-11,14-15,19H,2-5,7-8H2,1H3,(H,21,25)(H,20,22,23). The van der Waals surface area contributed by atoms with Crippen molar-refractivity contribution in [3.8, 4) is 5.82 Å². The van der Waals surface area contributed by atoms with Crippen molar-refractivity contribution >= 4 is 11.9 Å². The molecule has 2 aliphatic rings. The van der Waals surface area contributed by atoms with E-state index in [0.717, 1.165) is 50.2 Å². The maximum Gasteiger partial charge on any atom is 0.253 e. The van der Waals surface area contributed by atoms with E-state index in [-0.39, 0.29) is 5.91 Å². The van der Waals surface area contributed by atoms with E-state index in [0.29, 0.717) is 23.6 Å². The number of rotatable bonds is 5. The Bertz CT molecular complexity index is 761. The number of nitrogens with one attached hydrogen (secondary N) is 3. The molecule has 0 spiro atoms. The number of carbonyl (C=O) groups excluding carboxylic acids is 1. The highest BCUT2D eigenvalue weighted by atomic mass is 16.1. The molecule has 2 aromatic heterocycles. The Balaban J connectivity index is 1.51. The van der Waals surface area contributed by atoms with Crippen LogP contribution in [0.25, 0.3) is 5.82 Å². The summed E-state index contributed by atoms with van der Waals surface area (Å²) < 4.78 is 1.90. The molecule has 3 N–H and O–H groups in total. The Morgan fingerprint density at radius 3 is 2.80 bits per heavy atom. The number of carbonyl (C=O) groups is 1. The molecule has 1 saturated carbocycles. The lowest BCUT2D eigenvalue weighted by molar-refractivity contribution is 0.0951. The summed E-state index contributed by atoms with van der Waals surface area (Å²) in [5.41, 5.74) is 1.64. The molecule has 0 bridgehead atoms. The van der Waals surface area contributed by atoms with Crippen molar-refractivity contribution in [3.63, 3.8) is 0 Å². The van der Waals surface area contributed by atoms with Crippen LogP contribution in [0, 0.1) is 6.92 Å². The van der Waals surface area contributed by atoms with Gasteiger partial charge in [0, 0.05) is 36.2 Å². The van der Waals surface area contributed by atoms with Crippen LogP contribution in [0.2, 0.25) is 0 Å². The molecule has 0 aromatic carbocycles. The van der Waals surface area contributed by atoms with Gasteiger partial charge >= 0.3 is 0 Å². The van der Waals surface area contributed by atoms with Crippen molar-refractivity contribution in [2.75, 3.05) is 18.4 Å². The molecule has 2 fully saturated rings. The van der Waals surface area contributed by atoms with Gasteiger partial charge in [0.15, 0.2) is 0 Å². The summed E-state index contributed by atoms with van der Waals surface area (Å²) in [6, 6.07) is 2.60. The van der Waals surface area contributed by atoms with Gasteiger partial charge in [-0.25, -0.2) is 4.98 Å². The zero-order chi connectivity index (χ0) is 17.2. The Hall–Kier alpha value is -2.41. The average Bonchev–Trinajstić information content (AvgIpc) is 3.30. The zero-order valence-electron chi connectivity index (χ0n) is 14.5. The molecule has 1 aliphatic heterocycles. The monoisotopic (exact) mass is 340 g/mol. The molecule has 3 heterocycles. The van der Waals surface area contributed by atoms with Crippen LogP contribution in [0.15, 0.2) is 24.7 Å². The van der Waals surface area contributed by atoms with Crippen LogP contribution in [0.1, 0.15) is 41.6 Å². The van der Waals surface area contributed by atoms with Crippen LogP contribution in [0.3, 0.4) is 0 Å². The predicted octanol–water partition coefficient (Wildman–Crippen LogP) is 1.63. The Morgan fingerprint density at radius 1 is 1.24 bits per heavy atom. The summed E-state index contributed by atoms with van der Waals surface area (Å²) in [5, 5.41) is 9.79. The topological polar surface area (TPSA) is 83.9 Å². The molecule has 7 nitrogen and oxygen atoms in total. The van der Waals surface area contributed by atoms with E-state index in [1.165, 1.54) is 0 Å². The molecule has 132 valence electrons. The number of aromatic nitrogens is 3. The quantitative estimate of drug-likeness (QED) is 0.770. The number of hydrogen-bond donors (Lipinski definition) is 3. The van der Waals surface area contributed by atoms with E-state index in [4.69, 9.17) is 0 Å². The van der Waals surface area contributed by atoms with E-state index < -0.39 is 0 Å².